The fourth-order valence-electron chi connectivity index (χ4n) is 4.93. The van der Waals surface area contributed by atoms with Crippen molar-refractivity contribution < 1.29 is 37.1 Å². The van der Waals surface area contributed by atoms with Gasteiger partial charge in [-0.05, 0) is 53.9 Å². The van der Waals surface area contributed by atoms with Gasteiger partial charge in [0.05, 0.1) is 11.1 Å². The van der Waals surface area contributed by atoms with E-state index in [9.17, 15) is 23.1 Å². The highest BCUT2D eigenvalue weighted by Crippen LogP contribution is 2.38. The van der Waals surface area contributed by atoms with Crippen molar-refractivity contribution in [2.45, 2.75) is 39.7 Å². The van der Waals surface area contributed by atoms with Crippen molar-refractivity contribution in [1.82, 2.24) is 9.72 Å². The summed E-state index contributed by atoms with van der Waals surface area (Å²) in [5, 5.41) is 14.2. The van der Waals surface area contributed by atoms with Crippen LogP contribution in [0.3, 0.4) is 0 Å². The maximum atomic E-state index is 13.0. The summed E-state index contributed by atoms with van der Waals surface area (Å²) in [6.45, 7) is 5.75. The Labute approximate surface area is 233 Å². The highest BCUT2D eigenvalue weighted by molar-refractivity contribution is 6.04. The second kappa shape index (κ2) is 10.7. The van der Waals surface area contributed by atoms with Gasteiger partial charge in [-0.15, -0.1) is 13.2 Å². The van der Waals surface area contributed by atoms with E-state index in [1.807, 2.05) is 51.1 Å². The number of hydrogen-bond acceptors (Lipinski definition) is 5. The smallest absolute Gasteiger partial charge is 0.489 e. The second-order valence-electron chi connectivity index (χ2n) is 10.0. The zero-order chi connectivity index (χ0) is 29.5. The Hall–Kier alpha value is -4.73. The zero-order valence-electron chi connectivity index (χ0n) is 22.7. The molecular formula is C31H27F3N2O5. The van der Waals surface area contributed by atoms with Crippen molar-refractivity contribution in [2.75, 3.05) is 0 Å². The number of halogens is 3. The van der Waals surface area contributed by atoms with Crippen molar-refractivity contribution in [2.24, 2.45) is 7.05 Å². The average Bonchev–Trinajstić information content (AvgIpc) is 3.48. The number of benzene rings is 3. The molecule has 0 aliphatic rings. The first-order valence-corrected chi connectivity index (χ1v) is 12.8. The van der Waals surface area contributed by atoms with Crippen LogP contribution in [0.25, 0.3) is 33.3 Å². The standard InChI is InChI=1S/C31H27F3N2O5/c1-17(2)29-25(28(35-41-29)23-7-5-6-8-27(23)40-31(32,33)34)16-39-20-10-12-21(18(3)13-20)19-9-11-22-24(30(37)38)15-36(4)26(22)14-19/h5-15,17H,16H2,1-4H3,(H,37,38). The fourth-order valence-corrected chi connectivity index (χ4v) is 4.93. The first-order chi connectivity index (χ1) is 19.4. The van der Waals surface area contributed by atoms with Gasteiger partial charge in [0, 0.05) is 35.6 Å². The maximum absolute atomic E-state index is 13.0. The summed E-state index contributed by atoms with van der Waals surface area (Å²) < 4.78 is 56.8. The highest BCUT2D eigenvalue weighted by atomic mass is 19.4. The Morgan fingerprint density at radius 3 is 2.51 bits per heavy atom. The van der Waals surface area contributed by atoms with E-state index in [4.69, 9.17) is 9.26 Å². The zero-order valence-corrected chi connectivity index (χ0v) is 22.7. The molecule has 10 heteroatoms. The van der Waals surface area contributed by atoms with Gasteiger partial charge in [0.2, 0.25) is 0 Å². The Morgan fingerprint density at radius 1 is 1.07 bits per heavy atom. The van der Waals surface area contributed by atoms with Gasteiger partial charge in [0.25, 0.3) is 0 Å². The number of carbonyl (C=O) groups is 1. The molecule has 0 unspecified atom stereocenters. The number of hydrogen-bond donors (Lipinski definition) is 1. The van der Waals surface area contributed by atoms with Gasteiger partial charge in [-0.25, -0.2) is 4.79 Å². The quantitative estimate of drug-likeness (QED) is 0.205. The van der Waals surface area contributed by atoms with Crippen molar-refractivity contribution in [3.8, 4) is 33.9 Å². The summed E-state index contributed by atoms with van der Waals surface area (Å²) in [7, 11) is 1.81. The molecule has 0 aliphatic carbocycles. The van der Waals surface area contributed by atoms with Crippen molar-refractivity contribution >= 4 is 16.9 Å². The number of nitrogens with zero attached hydrogens (tertiary/aromatic N) is 2. The molecule has 0 saturated carbocycles. The fraction of sp³-hybridized carbons (Fsp3) is 0.226. The third-order valence-electron chi connectivity index (χ3n) is 6.82. The van der Waals surface area contributed by atoms with Crippen LogP contribution in [0.2, 0.25) is 0 Å². The molecule has 0 aliphatic heterocycles. The van der Waals surface area contributed by atoms with E-state index in [0.717, 1.165) is 22.2 Å². The molecule has 2 aromatic heterocycles. The molecule has 0 fully saturated rings. The lowest BCUT2D eigenvalue weighted by molar-refractivity contribution is -0.274. The molecule has 0 atom stereocenters. The lowest BCUT2D eigenvalue weighted by atomic mass is 9.98. The van der Waals surface area contributed by atoms with Gasteiger partial charge < -0.3 is 23.7 Å². The maximum Gasteiger partial charge on any atom is 0.573 e. The molecule has 1 N–H and O–H groups in total. The van der Waals surface area contributed by atoms with Gasteiger partial charge in [-0.1, -0.05) is 49.3 Å². The van der Waals surface area contributed by atoms with Crippen molar-refractivity contribution in [1.29, 1.82) is 0 Å². The molecule has 3 aromatic carbocycles. The third-order valence-corrected chi connectivity index (χ3v) is 6.82. The van der Waals surface area contributed by atoms with Crippen molar-refractivity contribution in [3.05, 3.63) is 89.3 Å². The lowest BCUT2D eigenvalue weighted by Gasteiger charge is -2.14. The van der Waals surface area contributed by atoms with Gasteiger partial charge in [-0.2, -0.15) is 0 Å². The van der Waals surface area contributed by atoms with Crippen LogP contribution in [0.5, 0.6) is 11.5 Å². The van der Waals surface area contributed by atoms with Gasteiger partial charge in [0.15, 0.2) is 0 Å². The van der Waals surface area contributed by atoms with Crippen LogP contribution in [-0.4, -0.2) is 27.2 Å². The molecule has 0 amide bonds. The summed E-state index contributed by atoms with van der Waals surface area (Å²) in [5.41, 5.74) is 4.74. The molecule has 0 saturated heterocycles. The minimum atomic E-state index is -4.86. The van der Waals surface area contributed by atoms with E-state index in [2.05, 4.69) is 9.89 Å². The molecule has 5 aromatic rings. The van der Waals surface area contributed by atoms with E-state index in [-0.39, 0.29) is 35.1 Å². The Morgan fingerprint density at radius 2 is 1.83 bits per heavy atom. The molecule has 5 rings (SSSR count). The number of aromatic carboxylic acids is 1. The second-order valence-corrected chi connectivity index (χ2v) is 10.0. The SMILES string of the molecule is Cc1cc(OCc2c(-c3ccccc3OC(F)(F)F)noc2C(C)C)ccc1-c1ccc2c(C(=O)O)cn(C)c2c1. The van der Waals surface area contributed by atoms with E-state index in [1.165, 1.54) is 18.2 Å². The lowest BCUT2D eigenvalue weighted by Crippen LogP contribution is -2.17. The summed E-state index contributed by atoms with van der Waals surface area (Å²) >= 11 is 0. The first-order valence-electron chi connectivity index (χ1n) is 12.8. The summed E-state index contributed by atoms with van der Waals surface area (Å²) in [6.07, 6.45) is -3.27. The molecule has 41 heavy (non-hydrogen) atoms. The number of para-hydroxylation sites is 1. The number of ether oxygens (including phenoxy) is 2. The number of alkyl halides is 3. The predicted octanol–water partition coefficient (Wildman–Crippen LogP) is 8.11. The van der Waals surface area contributed by atoms with Crippen LogP contribution in [0.1, 0.15) is 47.0 Å². The minimum absolute atomic E-state index is 0.0127. The van der Waals surface area contributed by atoms with E-state index >= 15 is 0 Å². The summed E-state index contributed by atoms with van der Waals surface area (Å²) in [5.74, 6) is -0.388. The van der Waals surface area contributed by atoms with Crippen molar-refractivity contribution in [3.63, 3.8) is 0 Å². The molecular weight excluding hydrogens is 537 g/mol. The predicted molar refractivity (Wildman–Crippen MR) is 147 cm³/mol. The van der Waals surface area contributed by atoms with Crippen LogP contribution >= 0.6 is 0 Å². The number of fused-ring (bicyclic) bond motifs is 1. The first kappa shape index (κ1) is 27.8. The highest BCUT2D eigenvalue weighted by Gasteiger charge is 2.33. The number of aryl methyl sites for hydroxylation is 2. The molecule has 0 bridgehead atoms. The van der Waals surface area contributed by atoms with Gasteiger partial charge in [0.1, 0.15) is 29.6 Å². The van der Waals surface area contributed by atoms with Crippen LogP contribution < -0.4 is 9.47 Å². The molecule has 0 radical (unpaired) electrons. The summed E-state index contributed by atoms with van der Waals surface area (Å²) in [4.78, 5) is 11.6. The number of rotatable bonds is 8. The molecule has 2 heterocycles. The van der Waals surface area contributed by atoms with Gasteiger partial charge in [-0.3, -0.25) is 0 Å². The minimum Gasteiger partial charge on any atom is -0.489 e. The van der Waals surface area contributed by atoms with E-state index < -0.39 is 12.3 Å². The Balaban J connectivity index is 1.43. The molecule has 212 valence electrons. The normalized spacial score (nSPS) is 11.8. The largest absolute Gasteiger partial charge is 0.573 e. The van der Waals surface area contributed by atoms with E-state index in [1.54, 1.807) is 29.9 Å². The van der Waals surface area contributed by atoms with E-state index in [0.29, 0.717) is 22.5 Å². The van der Waals surface area contributed by atoms with Crippen LogP contribution in [0, 0.1) is 6.92 Å². The topological polar surface area (TPSA) is 86.7 Å². The van der Waals surface area contributed by atoms with Gasteiger partial charge >= 0.3 is 12.3 Å². The monoisotopic (exact) mass is 564 g/mol. The summed E-state index contributed by atoms with van der Waals surface area (Å²) in [6, 6.07) is 17.0. The van der Waals surface area contributed by atoms with Crippen LogP contribution in [-0.2, 0) is 13.7 Å². The molecule has 7 nitrogen and oxygen atoms in total. The average molecular weight is 565 g/mol. The van der Waals surface area contributed by atoms with Crippen LogP contribution in [0.15, 0.2) is 71.4 Å². The Kier molecular flexibility index (Phi) is 7.25. The molecule has 0 spiro atoms. The van der Waals surface area contributed by atoms with Crippen LogP contribution in [0.4, 0.5) is 13.2 Å². The number of aromatic nitrogens is 2. The number of carboxylic acids is 1. The third kappa shape index (κ3) is 5.63. The number of carboxylic acid groups (broad SMARTS) is 1. The Bertz CT molecular complexity index is 1750.